The van der Waals surface area contributed by atoms with Gasteiger partial charge in [-0.15, -0.1) is 0 Å². The number of halogens is 2. The summed E-state index contributed by atoms with van der Waals surface area (Å²) < 4.78 is 39.8. The van der Waals surface area contributed by atoms with Gasteiger partial charge in [-0.05, 0) is 44.4 Å². The molecule has 0 bridgehead atoms. The average Bonchev–Trinajstić information content (AvgIpc) is 2.57. The van der Waals surface area contributed by atoms with Crippen molar-refractivity contribution in [2.45, 2.75) is 50.5 Å². The summed E-state index contributed by atoms with van der Waals surface area (Å²) in [7, 11) is -3.73. The topological polar surface area (TPSA) is 66.5 Å². The van der Waals surface area contributed by atoms with Gasteiger partial charge in [-0.2, -0.15) is 4.31 Å². The smallest absolute Gasteiger partial charge is 0.243 e. The maximum absolute atomic E-state index is 13.2. The molecule has 0 radical (unpaired) electrons. The van der Waals surface area contributed by atoms with Crippen molar-refractivity contribution < 1.29 is 17.6 Å². The highest BCUT2D eigenvalue weighted by Gasteiger charge is 2.32. The second-order valence-electron chi connectivity index (χ2n) is 6.45. The summed E-state index contributed by atoms with van der Waals surface area (Å²) in [6.45, 7) is 4.56. The number of carbonyl (C=O) groups excluding carboxylic acids is 1. The molecular formula is C17H24ClFN2O3S. The number of carbonyl (C=O) groups is 1. The number of sulfonamides is 1. The number of rotatable bonds is 6. The van der Waals surface area contributed by atoms with Crippen LogP contribution in [-0.2, 0) is 14.8 Å². The van der Waals surface area contributed by atoms with Crippen LogP contribution < -0.4 is 5.32 Å². The van der Waals surface area contributed by atoms with Gasteiger partial charge in [0.2, 0.25) is 15.9 Å². The van der Waals surface area contributed by atoms with Crippen molar-refractivity contribution in [3.63, 3.8) is 0 Å². The van der Waals surface area contributed by atoms with Crippen LogP contribution in [0.2, 0.25) is 5.02 Å². The highest BCUT2D eigenvalue weighted by Crippen LogP contribution is 2.26. The van der Waals surface area contributed by atoms with E-state index < -0.39 is 15.8 Å². The van der Waals surface area contributed by atoms with E-state index in [1.807, 2.05) is 6.92 Å². The zero-order valence-corrected chi connectivity index (χ0v) is 16.0. The molecule has 0 aliphatic carbocycles. The first-order valence-corrected chi connectivity index (χ1v) is 10.3. The van der Waals surface area contributed by atoms with Crippen LogP contribution in [-0.4, -0.2) is 37.8 Å². The standard InChI is InChI=1S/C17H24ClFN2O3S/c1-3-4-12(2)20-17(22)13-7-9-21(10-8-13)25(23,24)14-5-6-16(19)15(18)11-14/h5-6,11-13H,3-4,7-10H2,1-2H3,(H,20,22). The molecule has 5 nitrogen and oxygen atoms in total. The minimum absolute atomic E-state index is 0.0113. The second-order valence-corrected chi connectivity index (χ2v) is 8.80. The van der Waals surface area contributed by atoms with Crippen LogP contribution in [0.15, 0.2) is 23.1 Å². The predicted octanol–water partition coefficient (Wildman–Crippen LogP) is 3.18. The van der Waals surface area contributed by atoms with Crippen LogP contribution in [0.1, 0.15) is 39.5 Å². The minimum atomic E-state index is -3.73. The number of hydrogen-bond donors (Lipinski definition) is 1. The van der Waals surface area contributed by atoms with Crippen molar-refractivity contribution in [1.29, 1.82) is 0 Å². The van der Waals surface area contributed by atoms with Crippen LogP contribution in [0.25, 0.3) is 0 Å². The van der Waals surface area contributed by atoms with Gasteiger partial charge < -0.3 is 5.32 Å². The Morgan fingerprint density at radius 2 is 2.04 bits per heavy atom. The first-order valence-electron chi connectivity index (χ1n) is 8.51. The Morgan fingerprint density at radius 3 is 2.60 bits per heavy atom. The zero-order chi connectivity index (χ0) is 18.6. The van der Waals surface area contributed by atoms with Crippen LogP contribution in [0.4, 0.5) is 4.39 Å². The minimum Gasteiger partial charge on any atom is -0.353 e. The van der Waals surface area contributed by atoms with Gasteiger partial charge in [0.25, 0.3) is 0 Å². The lowest BCUT2D eigenvalue weighted by Gasteiger charge is -2.31. The number of benzene rings is 1. The van der Waals surface area contributed by atoms with E-state index in [4.69, 9.17) is 11.6 Å². The Bertz CT molecular complexity index is 719. The third-order valence-electron chi connectivity index (χ3n) is 4.46. The summed E-state index contributed by atoms with van der Waals surface area (Å²) in [5, 5.41) is 2.76. The predicted molar refractivity (Wildman–Crippen MR) is 95.4 cm³/mol. The van der Waals surface area contributed by atoms with E-state index in [9.17, 15) is 17.6 Å². The average molecular weight is 391 g/mol. The number of piperidine rings is 1. The van der Waals surface area contributed by atoms with Crippen LogP contribution in [0, 0.1) is 11.7 Å². The quantitative estimate of drug-likeness (QED) is 0.811. The first-order chi connectivity index (χ1) is 11.8. The van der Waals surface area contributed by atoms with Crippen LogP contribution in [0.3, 0.4) is 0 Å². The molecular weight excluding hydrogens is 367 g/mol. The summed E-state index contributed by atoms with van der Waals surface area (Å²) in [4.78, 5) is 12.2. The zero-order valence-electron chi connectivity index (χ0n) is 14.5. The van der Waals surface area contributed by atoms with E-state index in [1.165, 1.54) is 10.4 Å². The number of nitrogens with zero attached hydrogens (tertiary/aromatic N) is 1. The Morgan fingerprint density at radius 1 is 1.40 bits per heavy atom. The lowest BCUT2D eigenvalue weighted by atomic mass is 9.96. The van der Waals surface area contributed by atoms with Crippen molar-refractivity contribution in [3.8, 4) is 0 Å². The molecule has 1 unspecified atom stereocenters. The molecule has 1 N–H and O–H groups in total. The number of nitrogens with one attached hydrogen (secondary N) is 1. The number of hydrogen-bond acceptors (Lipinski definition) is 3. The molecule has 1 amide bonds. The molecule has 1 aliphatic heterocycles. The molecule has 1 fully saturated rings. The van der Waals surface area contributed by atoms with E-state index in [1.54, 1.807) is 0 Å². The maximum Gasteiger partial charge on any atom is 0.243 e. The number of amides is 1. The van der Waals surface area contributed by atoms with Gasteiger partial charge in [0, 0.05) is 25.0 Å². The fraction of sp³-hybridized carbons (Fsp3) is 0.588. The molecule has 0 saturated carbocycles. The molecule has 1 aromatic rings. The van der Waals surface area contributed by atoms with E-state index in [0.29, 0.717) is 12.8 Å². The third kappa shape index (κ3) is 4.92. The highest BCUT2D eigenvalue weighted by atomic mass is 35.5. The SMILES string of the molecule is CCCC(C)NC(=O)C1CCN(S(=O)(=O)c2ccc(F)c(Cl)c2)CC1. The van der Waals surface area contributed by atoms with Crippen molar-refractivity contribution in [2.75, 3.05) is 13.1 Å². The van der Waals surface area contributed by atoms with Gasteiger partial charge in [-0.3, -0.25) is 4.79 Å². The van der Waals surface area contributed by atoms with Crippen molar-refractivity contribution in [2.24, 2.45) is 5.92 Å². The lowest BCUT2D eigenvalue weighted by molar-refractivity contribution is -0.126. The summed E-state index contributed by atoms with van der Waals surface area (Å²) in [5.74, 6) is -0.845. The fourth-order valence-electron chi connectivity index (χ4n) is 3.01. The summed E-state index contributed by atoms with van der Waals surface area (Å²) in [5.41, 5.74) is 0. The molecule has 1 heterocycles. The largest absolute Gasteiger partial charge is 0.353 e. The Labute approximate surface area is 153 Å². The molecule has 2 rings (SSSR count). The van der Waals surface area contributed by atoms with Gasteiger partial charge in [0.15, 0.2) is 0 Å². The maximum atomic E-state index is 13.2. The molecule has 25 heavy (non-hydrogen) atoms. The van der Waals surface area contributed by atoms with Crippen molar-refractivity contribution in [3.05, 3.63) is 29.0 Å². The van der Waals surface area contributed by atoms with Gasteiger partial charge in [0.05, 0.1) is 9.92 Å². The Kier molecular flexibility index (Phi) is 6.82. The van der Waals surface area contributed by atoms with Crippen LogP contribution >= 0.6 is 11.6 Å². The second kappa shape index (κ2) is 8.47. The van der Waals surface area contributed by atoms with E-state index in [0.717, 1.165) is 25.0 Å². The van der Waals surface area contributed by atoms with Gasteiger partial charge in [-0.25, -0.2) is 12.8 Å². The monoisotopic (exact) mass is 390 g/mol. The highest BCUT2D eigenvalue weighted by molar-refractivity contribution is 7.89. The molecule has 1 aromatic carbocycles. The van der Waals surface area contributed by atoms with E-state index in [-0.39, 0.29) is 40.9 Å². The van der Waals surface area contributed by atoms with Gasteiger partial charge in [-0.1, -0.05) is 24.9 Å². The molecule has 1 atom stereocenters. The molecule has 1 aliphatic rings. The summed E-state index contributed by atoms with van der Waals surface area (Å²) in [6.07, 6.45) is 2.86. The molecule has 1 saturated heterocycles. The van der Waals surface area contributed by atoms with Crippen LogP contribution in [0.5, 0.6) is 0 Å². The summed E-state index contributed by atoms with van der Waals surface area (Å²) >= 11 is 5.69. The van der Waals surface area contributed by atoms with Crippen molar-refractivity contribution in [1.82, 2.24) is 9.62 Å². The first kappa shape index (κ1) is 20.1. The Hall–Kier alpha value is -1.18. The third-order valence-corrected chi connectivity index (χ3v) is 6.65. The Balaban J connectivity index is 1.99. The molecule has 140 valence electrons. The molecule has 8 heteroatoms. The van der Waals surface area contributed by atoms with E-state index in [2.05, 4.69) is 12.2 Å². The summed E-state index contributed by atoms with van der Waals surface area (Å²) in [6, 6.07) is 3.50. The molecule has 0 spiro atoms. The lowest BCUT2D eigenvalue weighted by Crippen LogP contribution is -2.44. The van der Waals surface area contributed by atoms with Gasteiger partial charge >= 0.3 is 0 Å². The fourth-order valence-corrected chi connectivity index (χ4v) is 4.75. The van der Waals surface area contributed by atoms with Gasteiger partial charge in [0.1, 0.15) is 5.82 Å². The molecule has 0 aromatic heterocycles. The van der Waals surface area contributed by atoms with E-state index >= 15 is 0 Å². The normalized spacial score (nSPS) is 18.1. The van der Waals surface area contributed by atoms with Crippen molar-refractivity contribution >= 4 is 27.5 Å².